The normalized spacial score (nSPS) is 16.1. The fraction of sp³-hybridized carbons (Fsp3) is 0.444. The summed E-state index contributed by atoms with van der Waals surface area (Å²) in [6.07, 6.45) is 5.71. The van der Waals surface area contributed by atoms with Gasteiger partial charge in [0.05, 0.1) is 24.9 Å². The van der Waals surface area contributed by atoms with E-state index in [1.807, 2.05) is 18.2 Å². The summed E-state index contributed by atoms with van der Waals surface area (Å²) in [5.74, 6) is 0.771. The summed E-state index contributed by atoms with van der Waals surface area (Å²) in [5.41, 5.74) is 1.70. The molecule has 0 saturated carbocycles. The SMILES string of the molecule is COc1ccccc1[C@@H](CNC(=O)c1cnn(C)c1)N1CCCC1. The van der Waals surface area contributed by atoms with Gasteiger partial charge in [-0.25, -0.2) is 0 Å². The second kappa shape index (κ2) is 7.49. The first-order chi connectivity index (χ1) is 11.7. The van der Waals surface area contributed by atoms with Crippen molar-refractivity contribution in [2.24, 2.45) is 7.05 Å². The molecule has 1 atom stereocenters. The minimum absolute atomic E-state index is 0.0952. The number of likely N-dealkylation sites (tertiary alicyclic amines) is 1. The summed E-state index contributed by atoms with van der Waals surface area (Å²) >= 11 is 0. The van der Waals surface area contributed by atoms with E-state index < -0.39 is 0 Å². The number of para-hydroxylation sites is 1. The third-order valence-electron chi connectivity index (χ3n) is 4.50. The molecule has 0 aliphatic carbocycles. The molecule has 24 heavy (non-hydrogen) atoms. The van der Waals surface area contributed by atoms with Gasteiger partial charge in [0.25, 0.3) is 5.91 Å². The van der Waals surface area contributed by atoms with Crippen molar-refractivity contribution in [1.82, 2.24) is 20.0 Å². The largest absolute Gasteiger partial charge is 0.496 e. The van der Waals surface area contributed by atoms with Gasteiger partial charge >= 0.3 is 0 Å². The first-order valence-corrected chi connectivity index (χ1v) is 8.33. The Morgan fingerprint density at radius 2 is 2.08 bits per heavy atom. The zero-order valence-corrected chi connectivity index (χ0v) is 14.2. The van der Waals surface area contributed by atoms with Gasteiger partial charge in [-0.15, -0.1) is 0 Å². The van der Waals surface area contributed by atoms with Crippen LogP contribution in [-0.2, 0) is 7.05 Å². The monoisotopic (exact) mass is 328 g/mol. The molecule has 2 heterocycles. The van der Waals surface area contributed by atoms with Crippen LogP contribution in [0, 0.1) is 0 Å². The molecule has 0 bridgehead atoms. The molecule has 0 spiro atoms. The van der Waals surface area contributed by atoms with Crippen LogP contribution in [0.15, 0.2) is 36.7 Å². The van der Waals surface area contributed by atoms with Gasteiger partial charge in [0.2, 0.25) is 0 Å². The number of amides is 1. The first kappa shape index (κ1) is 16.5. The highest BCUT2D eigenvalue weighted by molar-refractivity contribution is 5.93. The highest BCUT2D eigenvalue weighted by atomic mass is 16.5. The lowest BCUT2D eigenvalue weighted by atomic mass is 10.0. The maximum atomic E-state index is 12.3. The fourth-order valence-corrected chi connectivity index (χ4v) is 3.26. The standard InChI is InChI=1S/C18H24N4O2/c1-21-13-14(11-20-21)18(23)19-12-16(22-9-5-6-10-22)15-7-3-4-8-17(15)24-2/h3-4,7-8,11,13,16H,5-6,9-10,12H2,1-2H3,(H,19,23)/t16-/m1/s1. The third-order valence-corrected chi connectivity index (χ3v) is 4.50. The number of ether oxygens (including phenoxy) is 1. The number of aromatic nitrogens is 2. The molecule has 1 aromatic carbocycles. The highest BCUT2D eigenvalue weighted by Gasteiger charge is 2.26. The Morgan fingerprint density at radius 3 is 2.75 bits per heavy atom. The molecule has 128 valence electrons. The quantitative estimate of drug-likeness (QED) is 0.881. The summed E-state index contributed by atoms with van der Waals surface area (Å²) < 4.78 is 7.16. The summed E-state index contributed by atoms with van der Waals surface area (Å²) in [7, 11) is 3.49. The van der Waals surface area contributed by atoms with Crippen LogP contribution in [0.5, 0.6) is 5.75 Å². The number of carbonyl (C=O) groups is 1. The molecule has 1 aromatic heterocycles. The summed E-state index contributed by atoms with van der Waals surface area (Å²) in [6, 6.07) is 8.16. The van der Waals surface area contributed by atoms with E-state index in [1.54, 1.807) is 31.2 Å². The van der Waals surface area contributed by atoms with E-state index in [1.165, 1.54) is 12.8 Å². The van der Waals surface area contributed by atoms with E-state index in [0.29, 0.717) is 12.1 Å². The Kier molecular flexibility index (Phi) is 5.15. The third kappa shape index (κ3) is 3.59. The van der Waals surface area contributed by atoms with Gasteiger partial charge in [-0.2, -0.15) is 5.10 Å². The molecule has 2 aromatic rings. The van der Waals surface area contributed by atoms with Crippen molar-refractivity contribution in [1.29, 1.82) is 0 Å². The van der Waals surface area contributed by atoms with Gasteiger partial charge in [0.15, 0.2) is 0 Å². The van der Waals surface area contributed by atoms with Crippen LogP contribution in [0.2, 0.25) is 0 Å². The number of nitrogens with one attached hydrogen (secondary N) is 1. The van der Waals surface area contributed by atoms with Gasteiger partial charge in [-0.3, -0.25) is 14.4 Å². The van der Waals surface area contributed by atoms with Crippen LogP contribution in [0.4, 0.5) is 0 Å². The van der Waals surface area contributed by atoms with Crippen molar-refractivity contribution in [2.45, 2.75) is 18.9 Å². The Bertz CT molecular complexity index is 692. The number of carbonyl (C=O) groups excluding carboxylic acids is 1. The molecular weight excluding hydrogens is 304 g/mol. The molecule has 0 radical (unpaired) electrons. The summed E-state index contributed by atoms with van der Waals surface area (Å²) in [6.45, 7) is 2.64. The van der Waals surface area contributed by atoms with E-state index in [0.717, 1.165) is 24.4 Å². The Balaban J connectivity index is 1.76. The molecule has 3 rings (SSSR count). The van der Waals surface area contributed by atoms with Gasteiger partial charge in [0.1, 0.15) is 5.75 Å². The predicted octanol–water partition coefficient (Wildman–Crippen LogP) is 2.00. The second-order valence-electron chi connectivity index (χ2n) is 6.11. The van der Waals surface area contributed by atoms with E-state index in [9.17, 15) is 4.79 Å². The van der Waals surface area contributed by atoms with E-state index >= 15 is 0 Å². The minimum Gasteiger partial charge on any atom is -0.496 e. The maximum Gasteiger partial charge on any atom is 0.254 e. The minimum atomic E-state index is -0.0952. The van der Waals surface area contributed by atoms with Crippen molar-refractivity contribution in [3.05, 3.63) is 47.8 Å². The van der Waals surface area contributed by atoms with Gasteiger partial charge in [-0.1, -0.05) is 18.2 Å². The van der Waals surface area contributed by atoms with Crippen molar-refractivity contribution in [3.8, 4) is 5.75 Å². The van der Waals surface area contributed by atoms with Crippen molar-refractivity contribution < 1.29 is 9.53 Å². The molecule has 1 fully saturated rings. The van der Waals surface area contributed by atoms with Crippen molar-refractivity contribution in [2.75, 3.05) is 26.7 Å². The number of aryl methyl sites for hydroxylation is 1. The van der Waals surface area contributed by atoms with E-state index in [4.69, 9.17) is 4.74 Å². The molecule has 1 amide bonds. The van der Waals surface area contributed by atoms with Gasteiger partial charge in [0, 0.05) is 25.4 Å². The van der Waals surface area contributed by atoms with Crippen molar-refractivity contribution in [3.63, 3.8) is 0 Å². The van der Waals surface area contributed by atoms with Crippen LogP contribution in [0.25, 0.3) is 0 Å². The topological polar surface area (TPSA) is 59.4 Å². The average Bonchev–Trinajstić information content (AvgIpc) is 3.27. The first-order valence-electron chi connectivity index (χ1n) is 8.33. The lowest BCUT2D eigenvalue weighted by molar-refractivity contribution is 0.0937. The number of hydrogen-bond acceptors (Lipinski definition) is 4. The van der Waals surface area contributed by atoms with Gasteiger partial charge in [-0.05, 0) is 32.0 Å². The second-order valence-corrected chi connectivity index (χ2v) is 6.11. The molecular formula is C18H24N4O2. The molecule has 1 aliphatic heterocycles. The molecule has 1 aliphatic rings. The highest BCUT2D eigenvalue weighted by Crippen LogP contribution is 2.31. The molecule has 6 nitrogen and oxygen atoms in total. The average molecular weight is 328 g/mol. The zero-order valence-electron chi connectivity index (χ0n) is 14.2. The van der Waals surface area contributed by atoms with Crippen LogP contribution in [0.3, 0.4) is 0 Å². The molecule has 6 heteroatoms. The van der Waals surface area contributed by atoms with Crippen molar-refractivity contribution >= 4 is 5.91 Å². The Labute approximate surface area is 142 Å². The molecule has 1 N–H and O–H groups in total. The Hall–Kier alpha value is -2.34. The lowest BCUT2D eigenvalue weighted by Crippen LogP contribution is -2.37. The summed E-state index contributed by atoms with van der Waals surface area (Å²) in [5, 5.41) is 7.10. The van der Waals surface area contributed by atoms with E-state index in [-0.39, 0.29) is 11.9 Å². The number of nitrogens with zero attached hydrogens (tertiary/aromatic N) is 3. The van der Waals surface area contributed by atoms with Crippen LogP contribution >= 0.6 is 0 Å². The van der Waals surface area contributed by atoms with Gasteiger partial charge < -0.3 is 10.1 Å². The predicted molar refractivity (Wildman–Crippen MR) is 92.1 cm³/mol. The van der Waals surface area contributed by atoms with Crippen LogP contribution in [0.1, 0.15) is 34.8 Å². The molecule has 1 saturated heterocycles. The van der Waals surface area contributed by atoms with Crippen LogP contribution in [-0.4, -0.2) is 47.3 Å². The number of rotatable bonds is 6. The number of benzene rings is 1. The smallest absolute Gasteiger partial charge is 0.254 e. The number of methoxy groups -OCH3 is 1. The maximum absolute atomic E-state index is 12.3. The Morgan fingerprint density at radius 1 is 1.33 bits per heavy atom. The van der Waals surface area contributed by atoms with Crippen LogP contribution < -0.4 is 10.1 Å². The lowest BCUT2D eigenvalue weighted by Gasteiger charge is -2.29. The van der Waals surface area contributed by atoms with E-state index in [2.05, 4.69) is 21.4 Å². The summed E-state index contributed by atoms with van der Waals surface area (Å²) in [4.78, 5) is 14.8. The zero-order chi connectivity index (χ0) is 16.9. The fourth-order valence-electron chi connectivity index (χ4n) is 3.26. The molecule has 0 unspecified atom stereocenters. The number of hydrogen-bond donors (Lipinski definition) is 1.